The minimum atomic E-state index is -0.435. The van der Waals surface area contributed by atoms with Crippen molar-refractivity contribution in [3.63, 3.8) is 0 Å². The zero-order valence-electron chi connectivity index (χ0n) is 15.4. The summed E-state index contributed by atoms with van der Waals surface area (Å²) in [4.78, 5) is 12.4. The van der Waals surface area contributed by atoms with E-state index in [1.807, 2.05) is 0 Å². The Morgan fingerprint density at radius 3 is 2.64 bits per heavy atom. The molecule has 0 radical (unpaired) electrons. The lowest BCUT2D eigenvalue weighted by Crippen LogP contribution is -2.29. The van der Waals surface area contributed by atoms with Crippen LogP contribution in [0.25, 0.3) is 0 Å². The number of aryl methyl sites for hydroxylation is 1. The van der Waals surface area contributed by atoms with E-state index >= 15 is 0 Å². The van der Waals surface area contributed by atoms with Crippen molar-refractivity contribution in [3.8, 4) is 11.8 Å². The van der Waals surface area contributed by atoms with Crippen molar-refractivity contribution >= 4 is 0 Å². The highest BCUT2D eigenvalue weighted by atomic mass is 16.5. The van der Waals surface area contributed by atoms with Gasteiger partial charge in [0.15, 0.2) is 0 Å². The largest absolute Gasteiger partial charge is 0.440 e. The van der Waals surface area contributed by atoms with E-state index < -0.39 is 5.63 Å². The second-order valence-corrected chi connectivity index (χ2v) is 6.93. The van der Waals surface area contributed by atoms with Crippen molar-refractivity contribution < 1.29 is 9.15 Å². The zero-order valence-corrected chi connectivity index (χ0v) is 15.4. The fourth-order valence-electron chi connectivity index (χ4n) is 3.54. The predicted molar refractivity (Wildman–Crippen MR) is 97.1 cm³/mol. The van der Waals surface area contributed by atoms with Gasteiger partial charge in [0.25, 0.3) is 0 Å². The second-order valence-electron chi connectivity index (χ2n) is 6.93. The normalized spacial score (nSPS) is 17.6. The van der Waals surface area contributed by atoms with Crippen molar-refractivity contribution in [2.75, 3.05) is 0 Å². The molecule has 1 aliphatic rings. The highest BCUT2D eigenvalue weighted by Gasteiger charge is 2.36. The van der Waals surface area contributed by atoms with Crippen LogP contribution in [0, 0.1) is 24.2 Å². The first-order chi connectivity index (χ1) is 12.0. The predicted octanol–water partition coefficient (Wildman–Crippen LogP) is 4.50. The van der Waals surface area contributed by atoms with Gasteiger partial charge in [0.05, 0.1) is 11.1 Å². The summed E-state index contributed by atoms with van der Waals surface area (Å²) < 4.78 is 10.8. The Hall–Kier alpha value is -2.22. The lowest BCUT2D eigenvalue weighted by atomic mass is 9.78. The molecule has 2 heterocycles. The molecule has 0 saturated carbocycles. The van der Waals surface area contributed by atoms with Gasteiger partial charge in [-0.15, -0.1) is 0 Å². The van der Waals surface area contributed by atoms with Gasteiger partial charge in [-0.25, -0.2) is 4.79 Å². The van der Waals surface area contributed by atoms with E-state index in [1.165, 1.54) is 32.1 Å². The molecule has 1 aromatic heterocycles. The number of fused-ring (bicyclic) bond motifs is 1. The number of unbranched alkanes of at least 4 members (excludes halogenated alkanes) is 5. The van der Waals surface area contributed by atoms with Crippen molar-refractivity contribution in [2.24, 2.45) is 11.7 Å². The van der Waals surface area contributed by atoms with Gasteiger partial charge >= 0.3 is 5.63 Å². The SMILES string of the molecule is CCCCCCCC[C@@H](C)[C@H]1C(C#N)=C(N)Oc2cc(C)oc(=O)c21. The van der Waals surface area contributed by atoms with E-state index in [0.717, 1.165) is 12.8 Å². The Labute approximate surface area is 149 Å². The Balaban J connectivity index is 2.17. The summed E-state index contributed by atoms with van der Waals surface area (Å²) in [6, 6.07) is 3.80. The van der Waals surface area contributed by atoms with Crippen LogP contribution in [0.1, 0.15) is 76.0 Å². The molecule has 136 valence electrons. The topological polar surface area (TPSA) is 89.2 Å². The van der Waals surface area contributed by atoms with Crippen molar-refractivity contribution in [2.45, 2.75) is 71.6 Å². The summed E-state index contributed by atoms with van der Waals surface area (Å²) in [5, 5.41) is 9.52. The van der Waals surface area contributed by atoms with Crippen LogP contribution in [0.3, 0.4) is 0 Å². The minimum Gasteiger partial charge on any atom is -0.440 e. The number of ether oxygens (including phenoxy) is 1. The van der Waals surface area contributed by atoms with Crippen LogP contribution in [0.5, 0.6) is 5.75 Å². The fraction of sp³-hybridized carbons (Fsp3) is 0.600. The van der Waals surface area contributed by atoms with Gasteiger partial charge in [-0.3, -0.25) is 0 Å². The van der Waals surface area contributed by atoms with E-state index in [2.05, 4.69) is 19.9 Å². The Kier molecular flexibility index (Phi) is 6.69. The van der Waals surface area contributed by atoms with Crippen LogP contribution >= 0.6 is 0 Å². The zero-order chi connectivity index (χ0) is 18.4. The van der Waals surface area contributed by atoms with Gasteiger partial charge in [0, 0.05) is 12.0 Å². The summed E-state index contributed by atoms with van der Waals surface area (Å²) in [5.41, 5.74) is 6.27. The number of rotatable bonds is 8. The molecule has 0 bridgehead atoms. The lowest BCUT2D eigenvalue weighted by molar-refractivity contribution is 0.335. The van der Waals surface area contributed by atoms with Gasteiger partial charge in [-0.2, -0.15) is 5.26 Å². The molecule has 1 aromatic rings. The molecule has 0 aromatic carbocycles. The Morgan fingerprint density at radius 1 is 1.28 bits per heavy atom. The first-order valence-electron chi connectivity index (χ1n) is 9.21. The third-order valence-corrected chi connectivity index (χ3v) is 4.88. The highest BCUT2D eigenvalue weighted by Crippen LogP contribution is 2.42. The van der Waals surface area contributed by atoms with Gasteiger partial charge < -0.3 is 14.9 Å². The Morgan fingerprint density at radius 2 is 1.96 bits per heavy atom. The average molecular weight is 344 g/mol. The lowest BCUT2D eigenvalue weighted by Gasteiger charge is -2.29. The number of nitrogens with zero attached hydrogens (tertiary/aromatic N) is 1. The van der Waals surface area contributed by atoms with Crippen molar-refractivity contribution in [3.05, 3.63) is 39.3 Å². The van der Waals surface area contributed by atoms with Gasteiger partial charge in [-0.1, -0.05) is 52.4 Å². The smallest absolute Gasteiger partial charge is 0.343 e. The van der Waals surface area contributed by atoms with Crippen LogP contribution in [-0.4, -0.2) is 0 Å². The molecule has 0 unspecified atom stereocenters. The molecule has 0 fully saturated rings. The highest BCUT2D eigenvalue weighted by molar-refractivity contribution is 5.48. The van der Waals surface area contributed by atoms with Gasteiger partial charge in [0.2, 0.25) is 5.88 Å². The van der Waals surface area contributed by atoms with Gasteiger partial charge in [-0.05, 0) is 19.3 Å². The van der Waals surface area contributed by atoms with Crippen LogP contribution < -0.4 is 16.1 Å². The number of hydrogen-bond acceptors (Lipinski definition) is 5. The fourth-order valence-corrected chi connectivity index (χ4v) is 3.54. The molecule has 0 amide bonds. The number of nitrogens with two attached hydrogens (primary N) is 1. The van der Waals surface area contributed by atoms with Crippen LogP contribution in [0.15, 0.2) is 26.7 Å². The summed E-state index contributed by atoms with van der Waals surface area (Å²) in [5.74, 6) is 0.748. The van der Waals surface area contributed by atoms with Crippen LogP contribution in [0.4, 0.5) is 0 Å². The summed E-state index contributed by atoms with van der Waals surface area (Å²) in [6.07, 6.45) is 8.19. The molecule has 0 aliphatic carbocycles. The van der Waals surface area contributed by atoms with Crippen LogP contribution in [-0.2, 0) is 0 Å². The summed E-state index contributed by atoms with van der Waals surface area (Å²) >= 11 is 0. The number of hydrogen-bond donors (Lipinski definition) is 1. The third kappa shape index (κ3) is 4.45. The minimum absolute atomic E-state index is 0.0970. The Bertz CT molecular complexity index is 727. The third-order valence-electron chi connectivity index (χ3n) is 4.88. The summed E-state index contributed by atoms with van der Waals surface area (Å²) in [6.45, 7) is 5.97. The molecule has 5 nitrogen and oxygen atoms in total. The quantitative estimate of drug-likeness (QED) is 0.701. The standard InChI is InChI=1S/C20H28N2O3/c1-4-5-6-7-8-9-10-13(2)17-15(12-21)19(22)25-16-11-14(3)24-20(23)18(16)17/h11,13,17H,4-10,22H2,1-3H3/t13-,17+/m1/s1. The molecule has 2 rings (SSSR count). The molecule has 25 heavy (non-hydrogen) atoms. The van der Waals surface area contributed by atoms with Crippen molar-refractivity contribution in [1.29, 1.82) is 5.26 Å². The van der Waals surface area contributed by atoms with E-state index in [-0.39, 0.29) is 17.7 Å². The van der Waals surface area contributed by atoms with E-state index in [4.69, 9.17) is 14.9 Å². The molecule has 1 aliphatic heterocycles. The average Bonchev–Trinajstić information content (AvgIpc) is 2.56. The van der Waals surface area contributed by atoms with Gasteiger partial charge in [0.1, 0.15) is 17.6 Å². The first kappa shape index (κ1) is 19.1. The molecule has 2 atom stereocenters. The monoisotopic (exact) mass is 344 g/mol. The summed E-state index contributed by atoms with van der Waals surface area (Å²) in [7, 11) is 0. The number of nitriles is 1. The second kappa shape index (κ2) is 8.75. The molecular formula is C20H28N2O3. The van der Waals surface area contributed by atoms with E-state index in [1.54, 1.807) is 13.0 Å². The molecule has 0 spiro atoms. The first-order valence-corrected chi connectivity index (χ1v) is 9.21. The molecule has 0 saturated heterocycles. The maximum Gasteiger partial charge on any atom is 0.343 e. The molecule has 5 heteroatoms. The van der Waals surface area contributed by atoms with E-state index in [0.29, 0.717) is 22.6 Å². The van der Waals surface area contributed by atoms with Crippen molar-refractivity contribution in [1.82, 2.24) is 0 Å². The van der Waals surface area contributed by atoms with E-state index in [9.17, 15) is 10.1 Å². The maximum absolute atomic E-state index is 12.4. The molecule has 2 N–H and O–H groups in total. The maximum atomic E-state index is 12.4. The molecular weight excluding hydrogens is 316 g/mol. The van der Waals surface area contributed by atoms with Crippen LogP contribution in [0.2, 0.25) is 0 Å². The number of allylic oxidation sites excluding steroid dienone is 1.